The third-order valence-corrected chi connectivity index (χ3v) is 6.40. The number of amides is 2. The molecule has 0 bridgehead atoms. The average molecular weight is 523 g/mol. The average Bonchev–Trinajstić information content (AvgIpc) is 2.94. The molecule has 6 heteroatoms. The van der Waals surface area contributed by atoms with Gasteiger partial charge in [0.2, 0.25) is 0 Å². The van der Waals surface area contributed by atoms with Gasteiger partial charge in [-0.15, -0.1) is 0 Å². The van der Waals surface area contributed by atoms with Gasteiger partial charge in [-0.2, -0.15) is 0 Å². The van der Waals surface area contributed by atoms with Gasteiger partial charge >= 0.3 is 12.0 Å². The Balaban J connectivity index is 1.71. The van der Waals surface area contributed by atoms with E-state index >= 15 is 0 Å². The van der Waals surface area contributed by atoms with Crippen LogP contribution in [0.15, 0.2) is 91.0 Å². The van der Waals surface area contributed by atoms with Crippen LogP contribution in [0.1, 0.15) is 46.8 Å². The fraction of sp³-hybridized carbons (Fsp3) is 0.212. The standard InChI is InChI=1S/C33H34N2O4/c1-3-20-39-31-25(13-9-12-24-10-5-4-6-11-24)21-26(28-14-7-8-15-29(28)32(36)37)22-30(31)35-33(38)34-27-18-16-23(2)17-19-27/h4-8,10-11,14-19,21-22H,3,9,12-13,20H2,1-2H3,(H,36,37)(H2,34,35,38). The molecule has 0 saturated heterocycles. The van der Waals surface area contributed by atoms with E-state index in [9.17, 15) is 14.7 Å². The molecular formula is C33H34N2O4. The summed E-state index contributed by atoms with van der Waals surface area (Å²) < 4.78 is 6.20. The first-order chi connectivity index (χ1) is 18.9. The smallest absolute Gasteiger partial charge is 0.336 e. The largest absolute Gasteiger partial charge is 0.491 e. The van der Waals surface area contributed by atoms with Crippen LogP contribution in [0, 0.1) is 6.92 Å². The highest BCUT2D eigenvalue weighted by Gasteiger charge is 2.19. The Morgan fingerprint density at radius 3 is 2.28 bits per heavy atom. The summed E-state index contributed by atoms with van der Waals surface area (Å²) in [6.07, 6.45) is 3.26. The van der Waals surface area contributed by atoms with Crippen molar-refractivity contribution in [1.82, 2.24) is 0 Å². The van der Waals surface area contributed by atoms with Gasteiger partial charge in [-0.3, -0.25) is 0 Å². The predicted octanol–water partition coefficient (Wildman–Crippen LogP) is 7.97. The summed E-state index contributed by atoms with van der Waals surface area (Å²) in [5.41, 5.74) is 5.92. The third-order valence-electron chi connectivity index (χ3n) is 6.40. The first-order valence-corrected chi connectivity index (χ1v) is 13.3. The molecule has 0 radical (unpaired) electrons. The number of carboxylic acid groups (broad SMARTS) is 1. The summed E-state index contributed by atoms with van der Waals surface area (Å²) in [7, 11) is 0. The first kappa shape index (κ1) is 27.5. The van der Waals surface area contributed by atoms with E-state index in [2.05, 4.69) is 22.8 Å². The number of anilines is 2. The molecule has 3 N–H and O–H groups in total. The lowest BCUT2D eigenvalue weighted by atomic mass is 9.94. The zero-order valence-corrected chi connectivity index (χ0v) is 22.4. The molecule has 0 heterocycles. The van der Waals surface area contributed by atoms with Crippen molar-refractivity contribution in [2.45, 2.75) is 39.5 Å². The Bertz CT molecular complexity index is 1420. The molecule has 0 aliphatic rings. The number of carbonyl (C=O) groups is 2. The maximum Gasteiger partial charge on any atom is 0.336 e. The van der Waals surface area contributed by atoms with Crippen LogP contribution in [0.5, 0.6) is 5.75 Å². The van der Waals surface area contributed by atoms with Gasteiger partial charge in [-0.25, -0.2) is 9.59 Å². The van der Waals surface area contributed by atoms with Crippen LogP contribution in [-0.2, 0) is 12.8 Å². The van der Waals surface area contributed by atoms with E-state index in [1.807, 2.05) is 68.4 Å². The molecule has 4 rings (SSSR count). The molecule has 39 heavy (non-hydrogen) atoms. The van der Waals surface area contributed by atoms with Crippen molar-refractivity contribution in [3.05, 3.63) is 113 Å². The van der Waals surface area contributed by atoms with Crippen LogP contribution in [0.4, 0.5) is 16.2 Å². The van der Waals surface area contributed by atoms with Gasteiger partial charge in [0.05, 0.1) is 17.9 Å². The summed E-state index contributed by atoms with van der Waals surface area (Å²) in [5, 5.41) is 15.7. The van der Waals surface area contributed by atoms with E-state index in [-0.39, 0.29) is 5.56 Å². The highest BCUT2D eigenvalue weighted by Crippen LogP contribution is 2.37. The van der Waals surface area contributed by atoms with Crippen molar-refractivity contribution in [2.75, 3.05) is 17.2 Å². The normalized spacial score (nSPS) is 10.6. The van der Waals surface area contributed by atoms with Crippen LogP contribution in [0.3, 0.4) is 0 Å². The number of nitrogens with one attached hydrogen (secondary N) is 2. The predicted molar refractivity (Wildman–Crippen MR) is 157 cm³/mol. The zero-order valence-electron chi connectivity index (χ0n) is 22.4. The lowest BCUT2D eigenvalue weighted by Crippen LogP contribution is -2.20. The minimum absolute atomic E-state index is 0.199. The molecule has 0 atom stereocenters. The molecule has 0 spiro atoms. The maximum absolute atomic E-state index is 13.1. The Hall–Kier alpha value is -4.58. The number of hydrogen-bond acceptors (Lipinski definition) is 3. The van der Waals surface area contributed by atoms with Gasteiger partial charge in [0, 0.05) is 5.69 Å². The minimum Gasteiger partial charge on any atom is -0.491 e. The molecule has 0 aromatic heterocycles. The van der Waals surface area contributed by atoms with E-state index in [1.165, 1.54) is 5.56 Å². The number of ether oxygens (including phenoxy) is 1. The van der Waals surface area contributed by atoms with Crippen molar-refractivity contribution < 1.29 is 19.4 Å². The van der Waals surface area contributed by atoms with Gasteiger partial charge in [0.25, 0.3) is 0 Å². The van der Waals surface area contributed by atoms with E-state index in [1.54, 1.807) is 24.3 Å². The summed E-state index contributed by atoms with van der Waals surface area (Å²) in [5.74, 6) is -0.394. The lowest BCUT2D eigenvalue weighted by molar-refractivity contribution is 0.0697. The lowest BCUT2D eigenvalue weighted by Gasteiger charge is -2.19. The number of carbonyl (C=O) groups excluding carboxylic acids is 1. The summed E-state index contributed by atoms with van der Waals surface area (Å²) in [4.78, 5) is 25.1. The second kappa shape index (κ2) is 13.3. The summed E-state index contributed by atoms with van der Waals surface area (Å²) in [6.45, 7) is 4.51. The molecule has 200 valence electrons. The van der Waals surface area contributed by atoms with Crippen LogP contribution in [0.2, 0.25) is 0 Å². The number of carboxylic acids is 1. The third kappa shape index (κ3) is 7.48. The van der Waals surface area contributed by atoms with Gasteiger partial charge in [0.1, 0.15) is 5.75 Å². The quantitative estimate of drug-likeness (QED) is 0.186. The molecular weight excluding hydrogens is 488 g/mol. The fourth-order valence-corrected chi connectivity index (χ4v) is 4.47. The zero-order chi connectivity index (χ0) is 27.6. The van der Waals surface area contributed by atoms with Crippen molar-refractivity contribution >= 4 is 23.4 Å². The highest BCUT2D eigenvalue weighted by atomic mass is 16.5. The summed E-state index contributed by atoms with van der Waals surface area (Å²) in [6, 6.07) is 28.1. The Labute approximate surface area is 229 Å². The monoisotopic (exact) mass is 522 g/mol. The second-order valence-electron chi connectivity index (χ2n) is 9.50. The van der Waals surface area contributed by atoms with Crippen LogP contribution < -0.4 is 15.4 Å². The molecule has 4 aromatic carbocycles. The maximum atomic E-state index is 13.1. The highest BCUT2D eigenvalue weighted by molar-refractivity contribution is 6.02. The van der Waals surface area contributed by atoms with Crippen molar-refractivity contribution in [3.63, 3.8) is 0 Å². The number of hydrogen-bond donors (Lipinski definition) is 3. The molecule has 0 unspecified atom stereocenters. The fourth-order valence-electron chi connectivity index (χ4n) is 4.47. The van der Waals surface area contributed by atoms with Crippen LogP contribution in [0.25, 0.3) is 11.1 Å². The molecule has 0 fully saturated rings. The van der Waals surface area contributed by atoms with Crippen molar-refractivity contribution in [1.29, 1.82) is 0 Å². The number of aryl methyl sites for hydroxylation is 3. The molecule has 0 saturated carbocycles. The topological polar surface area (TPSA) is 87.7 Å². The SMILES string of the molecule is CCCOc1c(CCCc2ccccc2)cc(-c2ccccc2C(=O)O)cc1NC(=O)Nc1ccc(C)cc1. The molecule has 0 aliphatic carbocycles. The molecule has 2 amide bonds. The number of aromatic carboxylic acids is 1. The Morgan fingerprint density at radius 1 is 0.846 bits per heavy atom. The Kier molecular flexibility index (Phi) is 9.35. The number of benzene rings is 4. The second-order valence-corrected chi connectivity index (χ2v) is 9.50. The van der Waals surface area contributed by atoms with E-state index in [4.69, 9.17) is 4.74 Å². The van der Waals surface area contributed by atoms with E-state index in [0.717, 1.165) is 30.4 Å². The van der Waals surface area contributed by atoms with Crippen molar-refractivity contribution in [3.8, 4) is 16.9 Å². The van der Waals surface area contributed by atoms with E-state index < -0.39 is 12.0 Å². The van der Waals surface area contributed by atoms with Gasteiger partial charge < -0.3 is 20.5 Å². The molecule has 6 nitrogen and oxygen atoms in total. The molecule has 0 aliphatic heterocycles. The van der Waals surface area contributed by atoms with Crippen molar-refractivity contribution in [2.24, 2.45) is 0 Å². The summed E-state index contributed by atoms with van der Waals surface area (Å²) >= 11 is 0. The van der Waals surface area contributed by atoms with Crippen LogP contribution in [-0.4, -0.2) is 23.7 Å². The number of urea groups is 1. The van der Waals surface area contributed by atoms with Gasteiger partial charge in [-0.1, -0.05) is 73.2 Å². The van der Waals surface area contributed by atoms with Crippen LogP contribution >= 0.6 is 0 Å². The van der Waals surface area contributed by atoms with Gasteiger partial charge in [-0.05, 0) is 85.2 Å². The number of rotatable bonds is 11. The molecule has 4 aromatic rings. The van der Waals surface area contributed by atoms with Gasteiger partial charge in [0.15, 0.2) is 0 Å². The first-order valence-electron chi connectivity index (χ1n) is 13.3. The minimum atomic E-state index is -1.01. The Morgan fingerprint density at radius 2 is 1.56 bits per heavy atom. The van der Waals surface area contributed by atoms with E-state index in [0.29, 0.717) is 41.3 Å².